The van der Waals surface area contributed by atoms with Crippen LogP contribution in [0.15, 0.2) is 18.2 Å². The van der Waals surface area contributed by atoms with E-state index in [0.717, 1.165) is 24.2 Å². The lowest BCUT2D eigenvalue weighted by Crippen LogP contribution is -2.10. The van der Waals surface area contributed by atoms with E-state index < -0.39 is 11.7 Å². The Balaban J connectivity index is 2.01. The fourth-order valence-electron chi connectivity index (χ4n) is 3.11. The molecule has 1 heterocycles. The molecule has 1 aliphatic rings. The SMILES string of the molecule is FC(F)(F)c1ccc2c(c1)nc(CCl)n2CC1CCCC1. The quantitative estimate of drug-likeness (QED) is 0.730. The Bertz CT molecular complexity index is 642. The minimum atomic E-state index is -4.34. The van der Waals surface area contributed by atoms with Gasteiger partial charge in [-0.15, -0.1) is 11.6 Å². The molecule has 0 bridgehead atoms. The number of nitrogens with zero attached hydrogens (tertiary/aromatic N) is 2. The predicted octanol–water partition coefficient (Wildman–Crippen LogP) is 4.98. The predicted molar refractivity (Wildman–Crippen MR) is 76.3 cm³/mol. The largest absolute Gasteiger partial charge is 0.416 e. The Hall–Kier alpha value is -1.23. The van der Waals surface area contributed by atoms with Gasteiger partial charge in [-0.05, 0) is 37.0 Å². The third kappa shape index (κ3) is 2.89. The Kier molecular flexibility index (Phi) is 3.86. The van der Waals surface area contributed by atoms with Gasteiger partial charge >= 0.3 is 6.18 Å². The first-order valence-electron chi connectivity index (χ1n) is 7.11. The summed E-state index contributed by atoms with van der Waals surface area (Å²) >= 11 is 5.91. The third-order valence-electron chi connectivity index (χ3n) is 4.19. The highest BCUT2D eigenvalue weighted by atomic mass is 35.5. The van der Waals surface area contributed by atoms with Crippen molar-refractivity contribution >= 4 is 22.6 Å². The minimum absolute atomic E-state index is 0.211. The molecule has 2 aromatic rings. The van der Waals surface area contributed by atoms with Crippen molar-refractivity contribution in [1.82, 2.24) is 9.55 Å². The van der Waals surface area contributed by atoms with Gasteiger partial charge in [0.1, 0.15) is 5.82 Å². The zero-order valence-corrected chi connectivity index (χ0v) is 12.2. The van der Waals surface area contributed by atoms with Crippen LogP contribution in [0.4, 0.5) is 13.2 Å². The molecule has 3 rings (SSSR count). The van der Waals surface area contributed by atoms with E-state index in [0.29, 0.717) is 17.3 Å². The van der Waals surface area contributed by atoms with Gasteiger partial charge in [-0.25, -0.2) is 4.98 Å². The maximum absolute atomic E-state index is 12.8. The van der Waals surface area contributed by atoms with Crippen LogP contribution in [0.2, 0.25) is 0 Å². The van der Waals surface area contributed by atoms with Crippen LogP contribution in [0.25, 0.3) is 11.0 Å². The fourth-order valence-corrected chi connectivity index (χ4v) is 3.32. The van der Waals surface area contributed by atoms with E-state index in [4.69, 9.17) is 11.6 Å². The molecule has 0 amide bonds. The second kappa shape index (κ2) is 5.52. The molecule has 0 saturated heterocycles. The number of fused-ring (bicyclic) bond motifs is 1. The number of aromatic nitrogens is 2. The minimum Gasteiger partial charge on any atom is -0.327 e. The topological polar surface area (TPSA) is 17.8 Å². The summed E-state index contributed by atoms with van der Waals surface area (Å²) in [5.74, 6) is 1.44. The number of imidazole rings is 1. The maximum atomic E-state index is 12.8. The van der Waals surface area contributed by atoms with E-state index in [-0.39, 0.29) is 5.88 Å². The van der Waals surface area contributed by atoms with Gasteiger partial charge in [0.05, 0.1) is 22.5 Å². The molecule has 1 saturated carbocycles. The molecule has 0 radical (unpaired) electrons. The molecule has 1 aromatic carbocycles. The van der Waals surface area contributed by atoms with E-state index in [9.17, 15) is 13.2 Å². The average Bonchev–Trinajstić information content (AvgIpc) is 3.05. The molecule has 114 valence electrons. The van der Waals surface area contributed by atoms with Gasteiger partial charge < -0.3 is 4.57 Å². The van der Waals surface area contributed by atoms with E-state index in [1.54, 1.807) is 0 Å². The smallest absolute Gasteiger partial charge is 0.327 e. The highest BCUT2D eigenvalue weighted by Gasteiger charge is 2.31. The van der Waals surface area contributed by atoms with E-state index in [1.807, 2.05) is 4.57 Å². The van der Waals surface area contributed by atoms with Crippen molar-refractivity contribution in [3.05, 3.63) is 29.6 Å². The molecule has 1 fully saturated rings. The zero-order valence-electron chi connectivity index (χ0n) is 11.5. The average molecular weight is 317 g/mol. The van der Waals surface area contributed by atoms with Crippen LogP contribution in [0.1, 0.15) is 37.1 Å². The lowest BCUT2D eigenvalue weighted by atomic mass is 10.1. The molecule has 0 aliphatic heterocycles. The van der Waals surface area contributed by atoms with Gasteiger partial charge in [-0.2, -0.15) is 13.2 Å². The van der Waals surface area contributed by atoms with Crippen LogP contribution in [-0.2, 0) is 18.6 Å². The number of benzene rings is 1. The van der Waals surface area contributed by atoms with Crippen molar-refractivity contribution in [3.63, 3.8) is 0 Å². The van der Waals surface area contributed by atoms with Crippen molar-refractivity contribution in [2.45, 2.75) is 44.3 Å². The van der Waals surface area contributed by atoms with Crippen molar-refractivity contribution in [1.29, 1.82) is 0 Å². The number of alkyl halides is 4. The first kappa shape index (κ1) is 14.7. The van der Waals surface area contributed by atoms with Crippen LogP contribution in [-0.4, -0.2) is 9.55 Å². The number of halogens is 4. The summed E-state index contributed by atoms with van der Waals surface area (Å²) in [6.45, 7) is 0.796. The molecule has 0 unspecified atom stereocenters. The molecule has 0 N–H and O–H groups in total. The summed E-state index contributed by atoms with van der Waals surface area (Å²) in [5.41, 5.74) is 0.450. The monoisotopic (exact) mass is 316 g/mol. The fraction of sp³-hybridized carbons (Fsp3) is 0.533. The first-order valence-corrected chi connectivity index (χ1v) is 7.65. The Morgan fingerprint density at radius 3 is 2.57 bits per heavy atom. The van der Waals surface area contributed by atoms with E-state index in [2.05, 4.69) is 4.98 Å². The molecule has 0 atom stereocenters. The number of hydrogen-bond acceptors (Lipinski definition) is 1. The van der Waals surface area contributed by atoms with Gasteiger partial charge in [0.2, 0.25) is 0 Å². The van der Waals surface area contributed by atoms with Crippen LogP contribution < -0.4 is 0 Å². The summed E-state index contributed by atoms with van der Waals surface area (Å²) in [4.78, 5) is 4.28. The highest BCUT2D eigenvalue weighted by molar-refractivity contribution is 6.16. The maximum Gasteiger partial charge on any atom is 0.416 e. The Morgan fingerprint density at radius 2 is 1.95 bits per heavy atom. The van der Waals surface area contributed by atoms with Crippen molar-refractivity contribution in [2.24, 2.45) is 5.92 Å². The van der Waals surface area contributed by atoms with Gasteiger partial charge in [-0.3, -0.25) is 0 Å². The van der Waals surface area contributed by atoms with Gasteiger partial charge in [0, 0.05) is 6.54 Å². The Morgan fingerprint density at radius 1 is 1.24 bits per heavy atom. The summed E-state index contributed by atoms with van der Waals surface area (Å²) < 4.78 is 40.3. The molecule has 0 spiro atoms. The van der Waals surface area contributed by atoms with Crippen molar-refractivity contribution < 1.29 is 13.2 Å². The van der Waals surface area contributed by atoms with Crippen LogP contribution in [0.5, 0.6) is 0 Å². The molecule has 2 nitrogen and oxygen atoms in total. The molecular weight excluding hydrogens is 301 g/mol. The lowest BCUT2D eigenvalue weighted by Gasteiger charge is -2.13. The van der Waals surface area contributed by atoms with Crippen LogP contribution in [0, 0.1) is 5.92 Å². The molecule has 1 aromatic heterocycles. The lowest BCUT2D eigenvalue weighted by molar-refractivity contribution is -0.137. The first-order chi connectivity index (χ1) is 9.99. The van der Waals surface area contributed by atoms with Crippen LogP contribution >= 0.6 is 11.6 Å². The van der Waals surface area contributed by atoms with Gasteiger partial charge in [0.25, 0.3) is 0 Å². The van der Waals surface area contributed by atoms with Crippen LogP contribution in [0.3, 0.4) is 0 Å². The van der Waals surface area contributed by atoms with Crippen molar-refractivity contribution in [3.8, 4) is 0 Å². The molecular formula is C15H16ClF3N2. The highest BCUT2D eigenvalue weighted by Crippen LogP contribution is 2.33. The second-order valence-corrected chi connectivity index (χ2v) is 5.89. The summed E-state index contributed by atoms with van der Waals surface area (Å²) in [6.07, 6.45) is 0.450. The number of rotatable bonds is 3. The van der Waals surface area contributed by atoms with Crippen molar-refractivity contribution in [2.75, 3.05) is 0 Å². The van der Waals surface area contributed by atoms with E-state index >= 15 is 0 Å². The summed E-state index contributed by atoms with van der Waals surface area (Å²) in [5, 5.41) is 0. The summed E-state index contributed by atoms with van der Waals surface area (Å²) in [6, 6.07) is 3.74. The normalized spacial score (nSPS) is 17.0. The standard InChI is InChI=1S/C15H16ClF3N2/c16-8-14-20-12-7-11(15(17,18)19)5-6-13(12)21(14)9-10-3-1-2-4-10/h5-7,10H,1-4,8-9H2. The molecule has 6 heteroatoms. The zero-order chi connectivity index (χ0) is 15.0. The van der Waals surface area contributed by atoms with Gasteiger partial charge in [-0.1, -0.05) is 12.8 Å². The molecule has 21 heavy (non-hydrogen) atoms. The van der Waals surface area contributed by atoms with Gasteiger partial charge in [0.15, 0.2) is 0 Å². The van der Waals surface area contributed by atoms with E-state index in [1.165, 1.54) is 31.7 Å². The second-order valence-electron chi connectivity index (χ2n) is 5.62. The summed E-state index contributed by atoms with van der Waals surface area (Å²) in [7, 11) is 0. The Labute approximate surface area is 125 Å². The molecule has 1 aliphatic carbocycles. The number of hydrogen-bond donors (Lipinski definition) is 0. The third-order valence-corrected chi connectivity index (χ3v) is 4.43.